The van der Waals surface area contributed by atoms with Gasteiger partial charge in [0, 0.05) is 24.4 Å². The second-order valence-corrected chi connectivity index (χ2v) is 6.99. The summed E-state index contributed by atoms with van der Waals surface area (Å²) >= 11 is 1.89. The number of nitrogens with zero attached hydrogens (tertiary/aromatic N) is 1. The third kappa shape index (κ3) is 2.34. The quantitative estimate of drug-likeness (QED) is 0.924. The summed E-state index contributed by atoms with van der Waals surface area (Å²) in [5.41, 5.74) is 7.09. The van der Waals surface area contributed by atoms with Crippen molar-refractivity contribution in [1.82, 2.24) is 4.98 Å². The van der Waals surface area contributed by atoms with E-state index in [0.29, 0.717) is 5.92 Å². The molecule has 1 unspecified atom stereocenters. The number of aromatic nitrogens is 1. The average molecular weight is 280 g/mol. The van der Waals surface area contributed by atoms with Gasteiger partial charge in [0.2, 0.25) is 0 Å². The molecule has 4 heteroatoms. The SMILES string of the molecule is COC1(c2nc3c(s2)CCCC3CN)CCCCC1. The lowest BCUT2D eigenvalue weighted by Gasteiger charge is -2.34. The van der Waals surface area contributed by atoms with Gasteiger partial charge in [-0.15, -0.1) is 11.3 Å². The average Bonchev–Trinajstić information content (AvgIpc) is 2.92. The molecule has 3 nitrogen and oxygen atoms in total. The van der Waals surface area contributed by atoms with Crippen molar-refractivity contribution in [2.24, 2.45) is 5.73 Å². The third-order valence-corrected chi connectivity index (χ3v) is 6.11. The molecule has 2 aliphatic carbocycles. The van der Waals surface area contributed by atoms with Crippen LogP contribution in [0, 0.1) is 0 Å². The largest absolute Gasteiger partial charge is 0.371 e. The highest BCUT2D eigenvalue weighted by Gasteiger charge is 2.38. The monoisotopic (exact) mass is 280 g/mol. The fourth-order valence-electron chi connectivity index (χ4n) is 3.56. The predicted octanol–water partition coefficient (Wildman–Crippen LogP) is 3.33. The molecule has 0 amide bonds. The maximum atomic E-state index is 5.93. The summed E-state index contributed by atoms with van der Waals surface area (Å²) in [5.74, 6) is 0.478. The molecule has 1 atom stereocenters. The van der Waals surface area contributed by atoms with Crippen LogP contribution in [0.15, 0.2) is 0 Å². The molecule has 1 aromatic heterocycles. The molecular formula is C15H24N2OS. The minimum Gasteiger partial charge on any atom is -0.371 e. The van der Waals surface area contributed by atoms with Crippen LogP contribution in [-0.4, -0.2) is 18.6 Å². The van der Waals surface area contributed by atoms with Crippen LogP contribution in [-0.2, 0) is 16.8 Å². The Hall–Kier alpha value is -0.450. The van der Waals surface area contributed by atoms with E-state index in [9.17, 15) is 0 Å². The van der Waals surface area contributed by atoms with Crippen LogP contribution in [0.5, 0.6) is 0 Å². The second kappa shape index (κ2) is 5.51. The van der Waals surface area contributed by atoms with Crippen molar-refractivity contribution in [2.45, 2.75) is 62.9 Å². The van der Waals surface area contributed by atoms with Crippen molar-refractivity contribution in [3.8, 4) is 0 Å². The van der Waals surface area contributed by atoms with Gasteiger partial charge >= 0.3 is 0 Å². The molecule has 1 fully saturated rings. The number of ether oxygens (including phenoxy) is 1. The molecule has 0 saturated heterocycles. The molecular weight excluding hydrogens is 256 g/mol. The van der Waals surface area contributed by atoms with Crippen molar-refractivity contribution >= 4 is 11.3 Å². The standard InChI is InChI=1S/C15H24N2OS/c1-18-15(8-3-2-4-9-15)14-17-13-11(10-16)6-5-7-12(13)19-14/h11H,2-10,16H2,1H3. The summed E-state index contributed by atoms with van der Waals surface area (Å²) in [5, 5.41) is 1.22. The van der Waals surface area contributed by atoms with Crippen LogP contribution in [0.3, 0.4) is 0 Å². The van der Waals surface area contributed by atoms with Crippen molar-refractivity contribution in [1.29, 1.82) is 0 Å². The molecule has 1 saturated carbocycles. The first-order valence-corrected chi connectivity index (χ1v) is 8.36. The minimum atomic E-state index is -0.0978. The zero-order valence-corrected chi connectivity index (χ0v) is 12.6. The van der Waals surface area contributed by atoms with Crippen LogP contribution in [0.25, 0.3) is 0 Å². The van der Waals surface area contributed by atoms with Crippen LogP contribution in [0.1, 0.15) is 66.4 Å². The zero-order valence-electron chi connectivity index (χ0n) is 11.8. The highest BCUT2D eigenvalue weighted by molar-refractivity contribution is 7.11. The first-order valence-electron chi connectivity index (χ1n) is 7.54. The van der Waals surface area contributed by atoms with Crippen molar-refractivity contribution in [3.63, 3.8) is 0 Å². The first kappa shape index (κ1) is 13.5. The van der Waals surface area contributed by atoms with Crippen molar-refractivity contribution in [2.75, 3.05) is 13.7 Å². The van der Waals surface area contributed by atoms with Crippen molar-refractivity contribution in [3.05, 3.63) is 15.6 Å². The van der Waals surface area contributed by atoms with Gasteiger partial charge in [-0.2, -0.15) is 0 Å². The molecule has 0 spiro atoms. The van der Waals surface area contributed by atoms with E-state index in [0.717, 1.165) is 19.4 Å². The molecule has 106 valence electrons. The lowest BCUT2D eigenvalue weighted by molar-refractivity contribution is -0.0447. The number of methoxy groups -OCH3 is 1. The number of hydrogen-bond acceptors (Lipinski definition) is 4. The van der Waals surface area contributed by atoms with Gasteiger partial charge in [-0.25, -0.2) is 4.98 Å². The Labute approximate surface area is 119 Å². The summed E-state index contributed by atoms with van der Waals surface area (Å²) < 4.78 is 5.93. The fourth-order valence-corrected chi connectivity index (χ4v) is 4.97. The molecule has 19 heavy (non-hydrogen) atoms. The lowest BCUT2D eigenvalue weighted by atomic mass is 9.85. The Bertz CT molecular complexity index is 437. The van der Waals surface area contributed by atoms with E-state index in [4.69, 9.17) is 15.5 Å². The van der Waals surface area contributed by atoms with E-state index in [1.54, 1.807) is 0 Å². The molecule has 2 N–H and O–H groups in total. The number of aryl methyl sites for hydroxylation is 1. The highest BCUT2D eigenvalue weighted by atomic mass is 32.1. The fraction of sp³-hybridized carbons (Fsp3) is 0.800. The van der Waals surface area contributed by atoms with Crippen LogP contribution in [0.2, 0.25) is 0 Å². The van der Waals surface area contributed by atoms with E-state index < -0.39 is 0 Å². The molecule has 3 rings (SSSR count). The van der Waals surface area contributed by atoms with Crippen molar-refractivity contribution < 1.29 is 4.74 Å². The second-order valence-electron chi connectivity index (χ2n) is 5.91. The zero-order chi connectivity index (χ0) is 13.3. The molecule has 0 aliphatic heterocycles. The van der Waals surface area contributed by atoms with Gasteiger partial charge in [0.1, 0.15) is 10.6 Å². The number of thiazole rings is 1. The van der Waals surface area contributed by atoms with Gasteiger partial charge < -0.3 is 10.5 Å². The lowest BCUT2D eigenvalue weighted by Crippen LogP contribution is -2.31. The van der Waals surface area contributed by atoms with Gasteiger partial charge in [0.15, 0.2) is 0 Å². The summed E-state index contributed by atoms with van der Waals surface area (Å²) in [6, 6.07) is 0. The molecule has 1 heterocycles. The smallest absolute Gasteiger partial charge is 0.125 e. The maximum absolute atomic E-state index is 5.93. The van der Waals surface area contributed by atoms with E-state index in [1.165, 1.54) is 54.1 Å². The number of rotatable bonds is 3. The van der Waals surface area contributed by atoms with Gasteiger partial charge in [-0.05, 0) is 32.1 Å². The van der Waals surface area contributed by atoms with Gasteiger partial charge in [-0.1, -0.05) is 19.3 Å². The number of nitrogens with two attached hydrogens (primary N) is 1. The Kier molecular flexibility index (Phi) is 3.92. The normalized spacial score (nSPS) is 26.1. The Morgan fingerprint density at radius 3 is 2.79 bits per heavy atom. The highest BCUT2D eigenvalue weighted by Crippen LogP contribution is 2.44. The first-order chi connectivity index (χ1) is 9.29. The third-order valence-electron chi connectivity index (χ3n) is 4.80. The van der Waals surface area contributed by atoms with Crippen LogP contribution >= 0.6 is 11.3 Å². The molecule has 0 radical (unpaired) electrons. The van der Waals surface area contributed by atoms with Crippen LogP contribution in [0.4, 0.5) is 0 Å². The molecule has 1 aromatic rings. The molecule has 0 bridgehead atoms. The number of fused-ring (bicyclic) bond motifs is 1. The Morgan fingerprint density at radius 2 is 2.11 bits per heavy atom. The van der Waals surface area contributed by atoms with Gasteiger partial charge in [-0.3, -0.25) is 0 Å². The Balaban J connectivity index is 1.94. The Morgan fingerprint density at radius 1 is 1.32 bits per heavy atom. The van der Waals surface area contributed by atoms with E-state index in [1.807, 2.05) is 18.4 Å². The predicted molar refractivity (Wildman–Crippen MR) is 78.6 cm³/mol. The topological polar surface area (TPSA) is 48.1 Å². The van der Waals surface area contributed by atoms with Crippen LogP contribution < -0.4 is 5.73 Å². The maximum Gasteiger partial charge on any atom is 0.125 e. The van der Waals surface area contributed by atoms with E-state index in [2.05, 4.69) is 0 Å². The summed E-state index contributed by atoms with van der Waals surface area (Å²) in [7, 11) is 1.85. The van der Waals surface area contributed by atoms with Gasteiger partial charge in [0.05, 0.1) is 5.69 Å². The van der Waals surface area contributed by atoms with E-state index in [-0.39, 0.29) is 5.60 Å². The summed E-state index contributed by atoms with van der Waals surface area (Å²) in [6.45, 7) is 0.732. The molecule has 2 aliphatic rings. The minimum absolute atomic E-state index is 0.0978. The summed E-state index contributed by atoms with van der Waals surface area (Å²) in [4.78, 5) is 6.45. The molecule has 0 aromatic carbocycles. The summed E-state index contributed by atoms with van der Waals surface area (Å²) in [6.07, 6.45) is 9.76. The van der Waals surface area contributed by atoms with Gasteiger partial charge in [0.25, 0.3) is 0 Å². The van der Waals surface area contributed by atoms with E-state index >= 15 is 0 Å². The number of hydrogen-bond donors (Lipinski definition) is 1.